The van der Waals surface area contributed by atoms with Crippen molar-refractivity contribution < 1.29 is 14.3 Å². The van der Waals surface area contributed by atoms with Crippen LogP contribution >= 0.6 is 11.6 Å². The molecule has 2 aromatic rings. The normalized spacial score (nSPS) is 21.2. The van der Waals surface area contributed by atoms with E-state index < -0.39 is 5.79 Å². The number of amides is 1. The Morgan fingerprint density at radius 1 is 1.00 bits per heavy atom. The number of benzene rings is 1. The smallest absolute Gasteiger partial charge is 0.274 e. The number of ether oxygens (including phenoxy) is 2. The quantitative estimate of drug-likeness (QED) is 0.746. The Morgan fingerprint density at radius 2 is 1.72 bits per heavy atom. The predicted octanol–water partition coefficient (Wildman–Crippen LogP) is 3.91. The van der Waals surface area contributed by atoms with Crippen LogP contribution in [0.5, 0.6) is 0 Å². The van der Waals surface area contributed by atoms with Crippen LogP contribution in [0.3, 0.4) is 0 Å². The summed E-state index contributed by atoms with van der Waals surface area (Å²) in [6.07, 6.45) is 5.72. The second-order valence-corrected chi connectivity index (χ2v) is 8.54. The molecule has 0 atom stereocenters. The van der Waals surface area contributed by atoms with Crippen molar-refractivity contribution in [3.05, 3.63) is 40.7 Å². The maximum Gasteiger partial charge on any atom is 0.274 e. The third-order valence-corrected chi connectivity index (χ3v) is 6.55. The van der Waals surface area contributed by atoms with Crippen molar-refractivity contribution in [1.29, 1.82) is 0 Å². The van der Waals surface area contributed by atoms with Gasteiger partial charge in [0.2, 0.25) is 0 Å². The lowest BCUT2D eigenvalue weighted by atomic mass is 10.0. The zero-order valence-corrected chi connectivity index (χ0v) is 17.3. The Labute approximate surface area is 175 Å². The first-order valence-electron chi connectivity index (χ1n) is 10.6. The Bertz CT molecular complexity index is 893. The lowest BCUT2D eigenvalue weighted by Crippen LogP contribution is -2.47. The standard InChI is InChI=1S/C22H26ClN3O3/c23-17-7-5-16(6-8-17)20-24-19(18-4-2-1-3-11-26(18)20)21(27)25-12-9-22(10-13-25)28-14-15-29-22/h5-8H,1-4,9-15H2. The van der Waals surface area contributed by atoms with Gasteiger partial charge in [0.05, 0.1) is 18.9 Å². The van der Waals surface area contributed by atoms with Crippen LogP contribution in [-0.2, 0) is 22.4 Å². The minimum absolute atomic E-state index is 0.0312. The van der Waals surface area contributed by atoms with Gasteiger partial charge in [-0.25, -0.2) is 4.98 Å². The van der Waals surface area contributed by atoms with E-state index in [9.17, 15) is 4.79 Å². The lowest BCUT2D eigenvalue weighted by Gasteiger charge is -2.37. The van der Waals surface area contributed by atoms with Crippen LogP contribution < -0.4 is 0 Å². The number of carbonyl (C=O) groups is 1. The maximum absolute atomic E-state index is 13.4. The molecule has 1 aromatic carbocycles. The zero-order chi connectivity index (χ0) is 19.8. The molecule has 5 rings (SSSR count). The minimum Gasteiger partial charge on any atom is -0.347 e. The molecule has 29 heavy (non-hydrogen) atoms. The van der Waals surface area contributed by atoms with E-state index in [1.54, 1.807) is 0 Å². The molecule has 0 unspecified atom stereocenters. The van der Waals surface area contributed by atoms with Gasteiger partial charge in [-0.15, -0.1) is 0 Å². The fourth-order valence-electron chi connectivity index (χ4n) is 4.70. The van der Waals surface area contributed by atoms with Crippen LogP contribution in [0.2, 0.25) is 5.02 Å². The van der Waals surface area contributed by atoms with Crippen molar-refractivity contribution >= 4 is 17.5 Å². The van der Waals surface area contributed by atoms with E-state index in [1.165, 1.54) is 6.42 Å². The van der Waals surface area contributed by atoms with Gasteiger partial charge < -0.3 is 18.9 Å². The van der Waals surface area contributed by atoms with Gasteiger partial charge in [-0.2, -0.15) is 0 Å². The number of aromatic nitrogens is 2. The molecule has 3 aliphatic heterocycles. The molecule has 1 spiro atoms. The highest BCUT2D eigenvalue weighted by molar-refractivity contribution is 6.30. The number of rotatable bonds is 2. The van der Waals surface area contributed by atoms with Gasteiger partial charge in [-0.1, -0.05) is 18.0 Å². The number of fused-ring (bicyclic) bond motifs is 1. The van der Waals surface area contributed by atoms with Crippen molar-refractivity contribution in [2.24, 2.45) is 0 Å². The molecule has 2 saturated heterocycles. The number of piperidine rings is 1. The van der Waals surface area contributed by atoms with Crippen molar-refractivity contribution in [2.45, 2.75) is 50.9 Å². The van der Waals surface area contributed by atoms with Gasteiger partial charge in [-0.3, -0.25) is 4.79 Å². The summed E-state index contributed by atoms with van der Waals surface area (Å²) in [6.45, 7) is 3.47. The molecule has 1 amide bonds. The van der Waals surface area contributed by atoms with E-state index in [0.717, 1.165) is 55.7 Å². The molecule has 3 aliphatic rings. The molecule has 0 bridgehead atoms. The van der Waals surface area contributed by atoms with Gasteiger partial charge >= 0.3 is 0 Å². The van der Waals surface area contributed by atoms with Crippen molar-refractivity contribution in [3.8, 4) is 11.4 Å². The average Bonchev–Trinajstić information content (AvgIpc) is 3.26. The summed E-state index contributed by atoms with van der Waals surface area (Å²) in [5, 5.41) is 0.700. The number of hydrogen-bond acceptors (Lipinski definition) is 4. The monoisotopic (exact) mass is 415 g/mol. The number of halogens is 1. The summed E-state index contributed by atoms with van der Waals surface area (Å²) >= 11 is 6.07. The van der Waals surface area contributed by atoms with E-state index in [0.29, 0.717) is 37.0 Å². The number of nitrogens with zero attached hydrogens (tertiary/aromatic N) is 3. The zero-order valence-electron chi connectivity index (χ0n) is 16.5. The predicted molar refractivity (Wildman–Crippen MR) is 110 cm³/mol. The Morgan fingerprint density at radius 3 is 2.45 bits per heavy atom. The average molecular weight is 416 g/mol. The molecular weight excluding hydrogens is 390 g/mol. The second kappa shape index (κ2) is 7.74. The maximum atomic E-state index is 13.4. The first-order valence-corrected chi connectivity index (χ1v) is 11.0. The van der Waals surface area contributed by atoms with Crippen LogP contribution in [0.4, 0.5) is 0 Å². The topological polar surface area (TPSA) is 56.6 Å². The molecule has 1 aromatic heterocycles. The highest BCUT2D eigenvalue weighted by atomic mass is 35.5. The van der Waals surface area contributed by atoms with Crippen LogP contribution in [0.1, 0.15) is 48.3 Å². The molecule has 0 radical (unpaired) electrons. The van der Waals surface area contributed by atoms with Gasteiger partial charge in [0, 0.05) is 43.1 Å². The summed E-state index contributed by atoms with van der Waals surface area (Å²) < 4.78 is 13.9. The molecule has 0 saturated carbocycles. The molecule has 2 fully saturated rings. The molecule has 4 heterocycles. The van der Waals surface area contributed by atoms with Gasteiger partial charge in [0.25, 0.3) is 5.91 Å². The first kappa shape index (κ1) is 19.1. The summed E-state index contributed by atoms with van der Waals surface area (Å²) in [7, 11) is 0. The highest BCUT2D eigenvalue weighted by Gasteiger charge is 2.41. The summed E-state index contributed by atoms with van der Waals surface area (Å²) in [4.78, 5) is 20.2. The number of hydrogen-bond donors (Lipinski definition) is 0. The van der Waals surface area contributed by atoms with Gasteiger partial charge in [0.1, 0.15) is 11.5 Å². The Kier molecular flexibility index (Phi) is 5.10. The van der Waals surface area contributed by atoms with Crippen molar-refractivity contribution in [2.75, 3.05) is 26.3 Å². The molecular formula is C22H26ClN3O3. The molecule has 0 N–H and O–H groups in total. The van der Waals surface area contributed by atoms with Crippen LogP contribution in [0, 0.1) is 0 Å². The molecule has 154 valence electrons. The summed E-state index contributed by atoms with van der Waals surface area (Å²) in [6, 6.07) is 7.72. The molecule has 6 nitrogen and oxygen atoms in total. The van der Waals surface area contributed by atoms with Gasteiger partial charge in [-0.05, 0) is 43.5 Å². The van der Waals surface area contributed by atoms with Crippen molar-refractivity contribution in [3.63, 3.8) is 0 Å². The van der Waals surface area contributed by atoms with Gasteiger partial charge in [0.15, 0.2) is 5.79 Å². The van der Waals surface area contributed by atoms with E-state index in [2.05, 4.69) is 4.57 Å². The number of carbonyl (C=O) groups excluding carboxylic acids is 1. The third-order valence-electron chi connectivity index (χ3n) is 6.30. The fraction of sp³-hybridized carbons (Fsp3) is 0.545. The largest absolute Gasteiger partial charge is 0.347 e. The SMILES string of the molecule is O=C(c1nc(-c2ccc(Cl)cc2)n2c1CCCCC2)N1CCC2(CC1)OCCO2. The van der Waals surface area contributed by atoms with Crippen molar-refractivity contribution in [1.82, 2.24) is 14.5 Å². The van der Waals surface area contributed by atoms with Crippen LogP contribution in [-0.4, -0.2) is 52.4 Å². The number of likely N-dealkylation sites (tertiary alicyclic amines) is 1. The fourth-order valence-corrected chi connectivity index (χ4v) is 4.82. The highest BCUT2D eigenvalue weighted by Crippen LogP contribution is 2.33. The van der Waals surface area contributed by atoms with Crippen LogP contribution in [0.25, 0.3) is 11.4 Å². The molecule has 7 heteroatoms. The Balaban J connectivity index is 1.45. The minimum atomic E-state index is -0.476. The molecule has 0 aliphatic carbocycles. The van der Waals surface area contributed by atoms with E-state index in [4.69, 9.17) is 26.1 Å². The van der Waals surface area contributed by atoms with E-state index in [1.807, 2.05) is 29.2 Å². The van der Waals surface area contributed by atoms with Crippen LogP contribution in [0.15, 0.2) is 24.3 Å². The Hall–Kier alpha value is -1.89. The third kappa shape index (κ3) is 3.58. The summed E-state index contributed by atoms with van der Waals surface area (Å²) in [5.74, 6) is 0.428. The first-order chi connectivity index (χ1) is 14.2. The number of imidazole rings is 1. The second-order valence-electron chi connectivity index (χ2n) is 8.10. The van der Waals surface area contributed by atoms with E-state index >= 15 is 0 Å². The lowest BCUT2D eigenvalue weighted by molar-refractivity contribution is -0.181. The van der Waals surface area contributed by atoms with E-state index in [-0.39, 0.29) is 5.91 Å². The summed E-state index contributed by atoms with van der Waals surface area (Å²) in [5.41, 5.74) is 2.69.